The fourth-order valence-corrected chi connectivity index (χ4v) is 4.73. The molecule has 144 valence electrons. The van der Waals surface area contributed by atoms with E-state index >= 15 is 0 Å². The van der Waals surface area contributed by atoms with E-state index in [0.29, 0.717) is 11.3 Å². The molecule has 0 unspecified atom stereocenters. The van der Waals surface area contributed by atoms with Gasteiger partial charge in [-0.2, -0.15) is 0 Å². The molecule has 1 atom stereocenters. The standard InChI is InChI=1S/C20H20N4O3S/c1-13-8-9-14(11-17(13)24(26)27)21-19(25)12-23-10-4-6-16(23)20-22-15-5-2-3-7-18(15)28-20/h2-3,5,7-9,11,16H,4,6,10,12H2,1H3,(H,21,25)/t16-/m1/s1. The Kier molecular flexibility index (Phi) is 5.06. The number of nitrogens with zero attached hydrogens (tertiary/aromatic N) is 3. The molecule has 1 aromatic heterocycles. The first-order chi connectivity index (χ1) is 13.5. The summed E-state index contributed by atoms with van der Waals surface area (Å²) in [6, 6.07) is 12.9. The third-order valence-corrected chi connectivity index (χ3v) is 6.13. The van der Waals surface area contributed by atoms with Crippen LogP contribution in [0.4, 0.5) is 11.4 Å². The minimum atomic E-state index is -0.436. The molecular weight excluding hydrogens is 376 g/mol. The van der Waals surface area contributed by atoms with Gasteiger partial charge in [0.2, 0.25) is 5.91 Å². The van der Waals surface area contributed by atoms with E-state index in [2.05, 4.69) is 16.3 Å². The van der Waals surface area contributed by atoms with E-state index < -0.39 is 4.92 Å². The predicted octanol–water partition coefficient (Wildman–Crippen LogP) is 4.29. The van der Waals surface area contributed by atoms with Crippen molar-refractivity contribution in [3.63, 3.8) is 0 Å². The van der Waals surface area contributed by atoms with Crippen LogP contribution in [0.1, 0.15) is 29.5 Å². The molecule has 1 aliphatic rings. The lowest BCUT2D eigenvalue weighted by molar-refractivity contribution is -0.385. The van der Waals surface area contributed by atoms with Crippen LogP contribution in [0, 0.1) is 17.0 Å². The van der Waals surface area contributed by atoms with Crippen LogP contribution in [0.15, 0.2) is 42.5 Å². The Balaban J connectivity index is 1.46. The van der Waals surface area contributed by atoms with E-state index in [4.69, 9.17) is 4.98 Å². The maximum Gasteiger partial charge on any atom is 0.274 e. The summed E-state index contributed by atoms with van der Waals surface area (Å²) in [7, 11) is 0. The molecule has 0 radical (unpaired) electrons. The minimum absolute atomic E-state index is 0.00586. The van der Waals surface area contributed by atoms with E-state index in [9.17, 15) is 14.9 Å². The fourth-order valence-electron chi connectivity index (χ4n) is 3.60. The number of nitro groups is 1. The van der Waals surface area contributed by atoms with Crippen molar-refractivity contribution in [3.8, 4) is 0 Å². The number of hydrogen-bond donors (Lipinski definition) is 1. The van der Waals surface area contributed by atoms with E-state index in [-0.39, 0.29) is 24.2 Å². The number of hydrogen-bond acceptors (Lipinski definition) is 6. The van der Waals surface area contributed by atoms with Gasteiger partial charge in [0.25, 0.3) is 5.69 Å². The fraction of sp³-hybridized carbons (Fsp3) is 0.300. The zero-order valence-electron chi connectivity index (χ0n) is 15.4. The topological polar surface area (TPSA) is 88.4 Å². The van der Waals surface area contributed by atoms with E-state index in [1.54, 1.807) is 30.4 Å². The van der Waals surface area contributed by atoms with Crippen molar-refractivity contribution in [1.82, 2.24) is 9.88 Å². The highest BCUT2D eigenvalue weighted by molar-refractivity contribution is 7.18. The third-order valence-electron chi connectivity index (χ3n) is 5.00. The van der Waals surface area contributed by atoms with Crippen LogP contribution in [0.25, 0.3) is 10.2 Å². The van der Waals surface area contributed by atoms with Crippen LogP contribution in [0.5, 0.6) is 0 Å². The lowest BCUT2D eigenvalue weighted by Gasteiger charge is -2.22. The summed E-state index contributed by atoms with van der Waals surface area (Å²) in [5.74, 6) is -0.175. The molecule has 1 aliphatic heterocycles. The van der Waals surface area contributed by atoms with E-state index in [0.717, 1.165) is 34.6 Å². The highest BCUT2D eigenvalue weighted by Gasteiger charge is 2.30. The van der Waals surface area contributed by atoms with E-state index in [1.807, 2.05) is 18.2 Å². The maximum absolute atomic E-state index is 12.5. The van der Waals surface area contributed by atoms with Crippen molar-refractivity contribution in [1.29, 1.82) is 0 Å². The van der Waals surface area contributed by atoms with Crippen molar-refractivity contribution < 1.29 is 9.72 Å². The number of anilines is 1. The Morgan fingerprint density at radius 3 is 2.96 bits per heavy atom. The Morgan fingerprint density at radius 1 is 1.36 bits per heavy atom. The van der Waals surface area contributed by atoms with Gasteiger partial charge in [-0.05, 0) is 44.5 Å². The van der Waals surface area contributed by atoms with Gasteiger partial charge in [-0.1, -0.05) is 18.2 Å². The molecule has 1 fully saturated rings. The van der Waals surface area contributed by atoms with Gasteiger partial charge in [0.1, 0.15) is 5.01 Å². The first-order valence-corrected chi connectivity index (χ1v) is 9.97. The normalized spacial score (nSPS) is 17.1. The molecule has 2 aromatic carbocycles. The summed E-state index contributed by atoms with van der Waals surface area (Å²) in [4.78, 5) is 30.1. The molecule has 4 rings (SSSR count). The van der Waals surface area contributed by atoms with Crippen molar-refractivity contribution in [2.75, 3.05) is 18.4 Å². The monoisotopic (exact) mass is 396 g/mol. The molecule has 0 spiro atoms. The van der Waals surface area contributed by atoms with Gasteiger partial charge < -0.3 is 5.32 Å². The van der Waals surface area contributed by atoms with Gasteiger partial charge in [-0.25, -0.2) is 4.98 Å². The lowest BCUT2D eigenvalue weighted by Crippen LogP contribution is -2.32. The number of benzene rings is 2. The molecular formula is C20H20N4O3S. The molecule has 7 nitrogen and oxygen atoms in total. The maximum atomic E-state index is 12.5. The number of likely N-dealkylation sites (tertiary alicyclic amines) is 1. The Bertz CT molecular complexity index is 1020. The number of rotatable bonds is 5. The van der Waals surface area contributed by atoms with Gasteiger partial charge >= 0.3 is 0 Å². The molecule has 1 saturated heterocycles. The average molecular weight is 396 g/mol. The van der Waals surface area contributed by atoms with Crippen LogP contribution in [0.3, 0.4) is 0 Å². The number of nitrogens with one attached hydrogen (secondary N) is 1. The highest BCUT2D eigenvalue weighted by atomic mass is 32.1. The zero-order valence-corrected chi connectivity index (χ0v) is 16.2. The van der Waals surface area contributed by atoms with E-state index in [1.165, 1.54) is 6.07 Å². The molecule has 0 saturated carbocycles. The van der Waals surface area contributed by atoms with Gasteiger partial charge in [0, 0.05) is 17.3 Å². The van der Waals surface area contributed by atoms with Crippen molar-refractivity contribution in [2.24, 2.45) is 0 Å². The second-order valence-corrected chi connectivity index (χ2v) is 8.02. The summed E-state index contributed by atoms with van der Waals surface area (Å²) in [5.41, 5.74) is 2.01. The van der Waals surface area contributed by atoms with Crippen LogP contribution in [0.2, 0.25) is 0 Å². The van der Waals surface area contributed by atoms with Gasteiger partial charge in [0.15, 0.2) is 0 Å². The lowest BCUT2D eigenvalue weighted by atomic mass is 10.2. The number of carbonyl (C=O) groups is 1. The molecule has 8 heteroatoms. The van der Waals surface area contributed by atoms with Gasteiger partial charge in [-0.3, -0.25) is 19.8 Å². The second kappa shape index (κ2) is 7.65. The predicted molar refractivity (Wildman–Crippen MR) is 110 cm³/mol. The first-order valence-electron chi connectivity index (χ1n) is 9.15. The molecule has 3 aromatic rings. The van der Waals surface area contributed by atoms with Crippen LogP contribution < -0.4 is 5.32 Å². The number of para-hydroxylation sites is 1. The van der Waals surface area contributed by atoms with Crippen LogP contribution in [-0.4, -0.2) is 33.8 Å². The molecule has 28 heavy (non-hydrogen) atoms. The second-order valence-electron chi connectivity index (χ2n) is 6.95. The molecule has 0 aliphatic carbocycles. The van der Waals surface area contributed by atoms with Crippen LogP contribution in [-0.2, 0) is 4.79 Å². The van der Waals surface area contributed by atoms with Crippen molar-refractivity contribution >= 4 is 38.8 Å². The Hall–Kier alpha value is -2.84. The Labute approximate surface area is 166 Å². The number of nitro benzene ring substituents is 1. The molecule has 2 heterocycles. The molecule has 1 N–H and O–H groups in total. The molecule has 0 bridgehead atoms. The van der Waals surface area contributed by atoms with Gasteiger partial charge in [0.05, 0.1) is 27.7 Å². The largest absolute Gasteiger partial charge is 0.325 e. The summed E-state index contributed by atoms with van der Waals surface area (Å²) < 4.78 is 1.15. The first kappa shape index (κ1) is 18.5. The quantitative estimate of drug-likeness (QED) is 0.513. The summed E-state index contributed by atoms with van der Waals surface area (Å²) in [6.45, 7) is 2.75. The number of aromatic nitrogens is 1. The highest BCUT2D eigenvalue weighted by Crippen LogP contribution is 2.36. The summed E-state index contributed by atoms with van der Waals surface area (Å²) in [6.07, 6.45) is 1.99. The molecule has 1 amide bonds. The SMILES string of the molecule is Cc1ccc(NC(=O)CN2CCC[C@@H]2c2nc3ccccc3s2)cc1[N+](=O)[O-]. The summed E-state index contributed by atoms with van der Waals surface area (Å²) in [5, 5.41) is 14.9. The number of fused-ring (bicyclic) bond motifs is 1. The Morgan fingerprint density at radius 2 is 2.18 bits per heavy atom. The number of thiazole rings is 1. The average Bonchev–Trinajstić information content (AvgIpc) is 3.29. The smallest absolute Gasteiger partial charge is 0.274 e. The number of aryl methyl sites for hydroxylation is 1. The van der Waals surface area contributed by atoms with Crippen molar-refractivity contribution in [2.45, 2.75) is 25.8 Å². The van der Waals surface area contributed by atoms with Crippen LogP contribution >= 0.6 is 11.3 Å². The number of carbonyl (C=O) groups excluding carboxylic acids is 1. The third kappa shape index (κ3) is 3.74. The van der Waals surface area contributed by atoms with Gasteiger partial charge in [-0.15, -0.1) is 11.3 Å². The summed E-state index contributed by atoms with van der Waals surface area (Å²) >= 11 is 1.68. The zero-order chi connectivity index (χ0) is 19.7. The van der Waals surface area contributed by atoms with Crippen molar-refractivity contribution in [3.05, 3.63) is 63.1 Å². The number of amides is 1. The minimum Gasteiger partial charge on any atom is -0.325 e.